The average Bonchev–Trinajstić information content (AvgIpc) is 3.24. The molecule has 33 heavy (non-hydrogen) atoms. The van der Waals surface area contributed by atoms with Crippen molar-refractivity contribution in [1.29, 1.82) is 0 Å². The fraction of sp³-hybridized carbons (Fsp3) is 0.360. The first kappa shape index (κ1) is 21.2. The van der Waals surface area contributed by atoms with Gasteiger partial charge in [0.2, 0.25) is 5.91 Å². The van der Waals surface area contributed by atoms with Gasteiger partial charge in [0, 0.05) is 48.4 Å². The molecule has 2 aromatic heterocycles. The Morgan fingerprint density at radius 3 is 2.82 bits per heavy atom. The fourth-order valence-electron chi connectivity index (χ4n) is 4.69. The summed E-state index contributed by atoms with van der Waals surface area (Å²) in [6, 6.07) is 7.07. The molecule has 1 fully saturated rings. The van der Waals surface area contributed by atoms with Crippen LogP contribution in [0.5, 0.6) is 0 Å². The van der Waals surface area contributed by atoms with Crippen molar-refractivity contribution in [2.24, 2.45) is 5.41 Å². The number of nitrogens with zero attached hydrogens (tertiary/aromatic N) is 5. The normalized spacial score (nSPS) is 19.3. The maximum atomic E-state index is 13.2. The predicted octanol–water partition coefficient (Wildman–Crippen LogP) is 3.50. The van der Waals surface area contributed by atoms with Gasteiger partial charge in [0.1, 0.15) is 5.69 Å². The van der Waals surface area contributed by atoms with Gasteiger partial charge in [0.25, 0.3) is 5.91 Å². The third-order valence-electron chi connectivity index (χ3n) is 6.27. The zero-order chi connectivity index (χ0) is 23.0. The molecule has 0 spiro atoms. The maximum Gasteiger partial charge on any atom is 0.251 e. The Hall–Kier alpha value is -3.68. The molecular weight excluding hydrogens is 416 g/mol. The highest BCUT2D eigenvalue weighted by Gasteiger charge is 2.35. The van der Waals surface area contributed by atoms with Crippen molar-refractivity contribution in [2.45, 2.75) is 45.6 Å². The van der Waals surface area contributed by atoms with Crippen LogP contribution in [0.25, 0.3) is 11.5 Å². The minimum atomic E-state index is -0.204. The Morgan fingerprint density at radius 2 is 2.06 bits per heavy atom. The Morgan fingerprint density at radius 1 is 1.18 bits per heavy atom. The third-order valence-corrected chi connectivity index (χ3v) is 6.27. The van der Waals surface area contributed by atoms with Gasteiger partial charge in [-0.1, -0.05) is 19.9 Å². The second kappa shape index (κ2) is 8.35. The second-order valence-electron chi connectivity index (χ2n) is 9.46. The van der Waals surface area contributed by atoms with E-state index in [-0.39, 0.29) is 23.3 Å². The number of aromatic nitrogens is 4. The van der Waals surface area contributed by atoms with Crippen LogP contribution in [0.4, 0.5) is 5.69 Å². The van der Waals surface area contributed by atoms with E-state index in [1.807, 2.05) is 12.1 Å². The van der Waals surface area contributed by atoms with Crippen molar-refractivity contribution >= 4 is 17.5 Å². The molecule has 0 saturated carbocycles. The van der Waals surface area contributed by atoms with Gasteiger partial charge in [-0.3, -0.25) is 14.6 Å². The van der Waals surface area contributed by atoms with Gasteiger partial charge in [-0.05, 0) is 42.9 Å². The number of rotatable bonds is 4. The van der Waals surface area contributed by atoms with Crippen LogP contribution in [0.2, 0.25) is 0 Å². The van der Waals surface area contributed by atoms with Crippen LogP contribution in [0.1, 0.15) is 60.8 Å². The smallest absolute Gasteiger partial charge is 0.251 e. The van der Waals surface area contributed by atoms with Crippen LogP contribution in [0, 0.1) is 5.41 Å². The lowest BCUT2D eigenvalue weighted by Gasteiger charge is -2.36. The summed E-state index contributed by atoms with van der Waals surface area (Å²) in [4.78, 5) is 44.7. The quantitative estimate of drug-likeness (QED) is 0.664. The lowest BCUT2D eigenvalue weighted by Crippen LogP contribution is -2.37. The Labute approximate surface area is 192 Å². The molecule has 1 saturated heterocycles. The number of hydrogen-bond donors (Lipinski definition) is 1. The van der Waals surface area contributed by atoms with Gasteiger partial charge in [-0.15, -0.1) is 0 Å². The van der Waals surface area contributed by atoms with E-state index in [0.29, 0.717) is 30.0 Å². The highest BCUT2D eigenvalue weighted by molar-refractivity contribution is 5.99. The van der Waals surface area contributed by atoms with E-state index in [4.69, 9.17) is 4.98 Å². The van der Waals surface area contributed by atoms with Crippen LogP contribution in [0.15, 0.2) is 49.1 Å². The van der Waals surface area contributed by atoms with Gasteiger partial charge in [-0.25, -0.2) is 15.0 Å². The number of amides is 2. The van der Waals surface area contributed by atoms with Gasteiger partial charge < -0.3 is 10.2 Å². The standard InChI is InChI=1S/C25H26N6O2/c1-25(2)12-19-18(14-28-23(29-19)21-15-26-8-9-27-21)20(13-25)30-24(33)16-5-3-6-17(11-16)31-10-4-7-22(31)32/h3,5-6,8-9,11,14-15,20H,4,7,10,12-13H2,1-2H3,(H,30,33). The second-order valence-corrected chi connectivity index (χ2v) is 9.46. The zero-order valence-corrected chi connectivity index (χ0v) is 18.8. The molecule has 8 heteroatoms. The molecule has 5 rings (SSSR count). The first-order valence-corrected chi connectivity index (χ1v) is 11.2. The molecule has 168 valence electrons. The summed E-state index contributed by atoms with van der Waals surface area (Å²) in [5, 5.41) is 3.18. The van der Waals surface area contributed by atoms with Crippen molar-refractivity contribution < 1.29 is 9.59 Å². The molecule has 8 nitrogen and oxygen atoms in total. The lowest BCUT2D eigenvalue weighted by atomic mass is 9.74. The molecule has 1 unspecified atom stereocenters. The predicted molar refractivity (Wildman–Crippen MR) is 123 cm³/mol. The highest BCUT2D eigenvalue weighted by atomic mass is 16.2. The monoisotopic (exact) mass is 442 g/mol. The molecule has 3 aromatic rings. The highest BCUT2D eigenvalue weighted by Crippen LogP contribution is 2.40. The van der Waals surface area contributed by atoms with Crippen molar-refractivity contribution in [3.63, 3.8) is 0 Å². The molecule has 1 atom stereocenters. The van der Waals surface area contributed by atoms with E-state index in [0.717, 1.165) is 36.2 Å². The largest absolute Gasteiger partial charge is 0.345 e. The van der Waals surface area contributed by atoms with Crippen molar-refractivity contribution in [2.75, 3.05) is 11.4 Å². The molecule has 1 aromatic carbocycles. The lowest BCUT2D eigenvalue weighted by molar-refractivity contribution is -0.117. The molecule has 2 aliphatic rings. The van der Waals surface area contributed by atoms with E-state index in [9.17, 15) is 9.59 Å². The van der Waals surface area contributed by atoms with Crippen LogP contribution in [0.3, 0.4) is 0 Å². The SMILES string of the molecule is CC1(C)Cc2nc(-c3cnccn3)ncc2C(NC(=O)c2cccc(N3CCCC3=O)c2)C1. The van der Waals surface area contributed by atoms with E-state index in [2.05, 4.69) is 34.1 Å². The molecule has 0 bridgehead atoms. The van der Waals surface area contributed by atoms with E-state index in [1.54, 1.807) is 41.8 Å². The van der Waals surface area contributed by atoms with Crippen molar-refractivity contribution in [3.8, 4) is 11.5 Å². The number of fused-ring (bicyclic) bond motifs is 1. The minimum Gasteiger partial charge on any atom is -0.345 e. The van der Waals surface area contributed by atoms with Crippen LogP contribution >= 0.6 is 0 Å². The number of carbonyl (C=O) groups is 2. The third kappa shape index (κ3) is 4.33. The first-order valence-electron chi connectivity index (χ1n) is 11.2. The van der Waals surface area contributed by atoms with Gasteiger partial charge in [0.05, 0.1) is 17.9 Å². The maximum absolute atomic E-state index is 13.2. The number of nitrogens with one attached hydrogen (secondary N) is 1. The molecule has 1 aliphatic heterocycles. The number of anilines is 1. The zero-order valence-electron chi connectivity index (χ0n) is 18.8. The summed E-state index contributed by atoms with van der Waals surface area (Å²) in [5.41, 5.74) is 3.74. The summed E-state index contributed by atoms with van der Waals surface area (Å²) in [6.45, 7) is 5.05. The number of carbonyl (C=O) groups excluding carboxylic acids is 2. The van der Waals surface area contributed by atoms with E-state index < -0.39 is 0 Å². The topological polar surface area (TPSA) is 101 Å². The molecule has 1 aliphatic carbocycles. The van der Waals surface area contributed by atoms with Crippen molar-refractivity contribution in [3.05, 3.63) is 65.9 Å². The Kier molecular flexibility index (Phi) is 5.36. The summed E-state index contributed by atoms with van der Waals surface area (Å²) in [6.07, 6.45) is 9.65. The van der Waals surface area contributed by atoms with Gasteiger partial charge >= 0.3 is 0 Å². The molecular formula is C25H26N6O2. The number of hydrogen-bond acceptors (Lipinski definition) is 6. The van der Waals surface area contributed by atoms with Crippen molar-refractivity contribution in [1.82, 2.24) is 25.3 Å². The summed E-state index contributed by atoms with van der Waals surface area (Å²) >= 11 is 0. The van der Waals surface area contributed by atoms with Crippen LogP contribution in [-0.2, 0) is 11.2 Å². The van der Waals surface area contributed by atoms with Crippen LogP contribution in [-0.4, -0.2) is 38.3 Å². The summed E-state index contributed by atoms with van der Waals surface area (Å²) < 4.78 is 0. The summed E-state index contributed by atoms with van der Waals surface area (Å²) in [5.74, 6) is 0.467. The molecule has 3 heterocycles. The molecule has 0 radical (unpaired) electrons. The number of benzene rings is 1. The van der Waals surface area contributed by atoms with Gasteiger partial charge in [0.15, 0.2) is 5.82 Å². The Bertz CT molecular complexity index is 1210. The van der Waals surface area contributed by atoms with E-state index in [1.165, 1.54) is 0 Å². The first-order chi connectivity index (χ1) is 15.9. The fourth-order valence-corrected chi connectivity index (χ4v) is 4.69. The van der Waals surface area contributed by atoms with Gasteiger partial charge in [-0.2, -0.15) is 0 Å². The van der Waals surface area contributed by atoms with E-state index >= 15 is 0 Å². The summed E-state index contributed by atoms with van der Waals surface area (Å²) in [7, 11) is 0. The Balaban J connectivity index is 1.41. The molecule has 2 amide bonds. The van der Waals surface area contributed by atoms with Crippen LogP contribution < -0.4 is 10.2 Å². The minimum absolute atomic E-state index is 0.0389. The molecule has 1 N–H and O–H groups in total. The average molecular weight is 443 g/mol.